The molecule has 0 atom stereocenters. The number of rotatable bonds is 4. The number of piperazine rings is 1. The fourth-order valence-corrected chi connectivity index (χ4v) is 3.27. The van der Waals surface area contributed by atoms with Crippen LogP contribution in [0.2, 0.25) is 0 Å². The van der Waals surface area contributed by atoms with E-state index in [9.17, 15) is 4.79 Å². The molecule has 110 valence electrons. The number of hydrogen-bond acceptors (Lipinski definition) is 4. The van der Waals surface area contributed by atoms with E-state index in [1.54, 1.807) is 11.3 Å². The van der Waals surface area contributed by atoms with Gasteiger partial charge in [-0.15, -0.1) is 11.3 Å². The molecule has 0 spiro atoms. The first-order valence-electron chi connectivity index (χ1n) is 7.27. The lowest BCUT2D eigenvalue weighted by Crippen LogP contribution is -2.47. The van der Waals surface area contributed by atoms with Crippen LogP contribution in [-0.4, -0.2) is 35.4 Å². The van der Waals surface area contributed by atoms with Crippen LogP contribution in [0.25, 0.3) is 10.6 Å². The summed E-state index contributed by atoms with van der Waals surface area (Å²) in [6.07, 6.45) is 1.06. The number of nitrogens with one attached hydrogen (secondary N) is 1. The molecule has 2 heterocycles. The lowest BCUT2D eigenvalue weighted by molar-refractivity contribution is -0.124. The molecule has 2 aromatic rings. The molecule has 1 aromatic carbocycles. The van der Waals surface area contributed by atoms with Gasteiger partial charge in [0.05, 0.1) is 12.2 Å². The van der Waals surface area contributed by atoms with E-state index >= 15 is 0 Å². The lowest BCUT2D eigenvalue weighted by Gasteiger charge is -2.25. The van der Waals surface area contributed by atoms with Crippen molar-refractivity contribution < 1.29 is 4.79 Å². The van der Waals surface area contributed by atoms with Crippen molar-refractivity contribution in [3.63, 3.8) is 0 Å². The van der Waals surface area contributed by atoms with Crippen LogP contribution in [0.1, 0.15) is 18.2 Å². The van der Waals surface area contributed by atoms with E-state index in [0.717, 1.165) is 36.8 Å². The molecule has 0 radical (unpaired) electrons. The molecule has 1 N–H and O–H groups in total. The van der Waals surface area contributed by atoms with Crippen LogP contribution < -0.4 is 5.32 Å². The molecular weight excluding hydrogens is 282 g/mol. The average Bonchev–Trinajstić information content (AvgIpc) is 2.96. The third-order valence-electron chi connectivity index (χ3n) is 3.66. The van der Waals surface area contributed by atoms with Gasteiger partial charge >= 0.3 is 0 Å². The van der Waals surface area contributed by atoms with Gasteiger partial charge in [0.1, 0.15) is 5.01 Å². The van der Waals surface area contributed by atoms with Crippen molar-refractivity contribution in [3.05, 3.63) is 40.9 Å². The number of hydrogen-bond donors (Lipinski definition) is 1. The van der Waals surface area contributed by atoms with Crippen LogP contribution in [0.4, 0.5) is 0 Å². The summed E-state index contributed by atoms with van der Waals surface area (Å²) in [5.41, 5.74) is 3.55. The molecule has 3 rings (SSSR count). The molecule has 1 aromatic heterocycles. The highest BCUT2D eigenvalue weighted by molar-refractivity contribution is 7.13. The van der Waals surface area contributed by atoms with E-state index in [-0.39, 0.29) is 5.91 Å². The molecule has 0 aliphatic carbocycles. The Morgan fingerprint density at radius 2 is 2.14 bits per heavy atom. The van der Waals surface area contributed by atoms with E-state index in [4.69, 9.17) is 4.98 Å². The largest absolute Gasteiger partial charge is 0.354 e. The Morgan fingerprint density at radius 1 is 1.33 bits per heavy atom. The van der Waals surface area contributed by atoms with Crippen LogP contribution in [0.5, 0.6) is 0 Å². The van der Waals surface area contributed by atoms with E-state index < -0.39 is 0 Å². The number of thiazole rings is 1. The molecule has 1 aliphatic heterocycles. The van der Waals surface area contributed by atoms with E-state index in [2.05, 4.69) is 46.8 Å². The van der Waals surface area contributed by atoms with Gasteiger partial charge in [-0.1, -0.05) is 31.2 Å². The molecule has 1 amide bonds. The van der Waals surface area contributed by atoms with Crippen molar-refractivity contribution in [2.24, 2.45) is 0 Å². The van der Waals surface area contributed by atoms with Gasteiger partial charge in [0.15, 0.2) is 0 Å². The summed E-state index contributed by atoms with van der Waals surface area (Å²) in [7, 11) is 0. The summed E-state index contributed by atoms with van der Waals surface area (Å²) >= 11 is 1.67. The minimum absolute atomic E-state index is 0.104. The van der Waals surface area contributed by atoms with Crippen LogP contribution in [0, 0.1) is 0 Å². The van der Waals surface area contributed by atoms with Crippen LogP contribution >= 0.6 is 11.3 Å². The quantitative estimate of drug-likeness (QED) is 0.942. The fraction of sp³-hybridized carbons (Fsp3) is 0.375. The Balaban J connectivity index is 1.69. The zero-order valence-electron chi connectivity index (χ0n) is 12.1. The molecule has 1 fully saturated rings. The van der Waals surface area contributed by atoms with Gasteiger partial charge in [0, 0.05) is 30.6 Å². The van der Waals surface area contributed by atoms with Crippen LogP contribution in [0.3, 0.4) is 0 Å². The minimum Gasteiger partial charge on any atom is -0.354 e. The molecule has 21 heavy (non-hydrogen) atoms. The van der Waals surface area contributed by atoms with Gasteiger partial charge in [-0.2, -0.15) is 0 Å². The first-order chi connectivity index (χ1) is 10.2. The highest BCUT2D eigenvalue weighted by Crippen LogP contribution is 2.24. The van der Waals surface area contributed by atoms with Gasteiger partial charge < -0.3 is 5.32 Å². The maximum Gasteiger partial charge on any atom is 0.234 e. The summed E-state index contributed by atoms with van der Waals surface area (Å²) in [5.74, 6) is 0.104. The summed E-state index contributed by atoms with van der Waals surface area (Å²) in [6.45, 7) is 5.00. The van der Waals surface area contributed by atoms with E-state index in [1.165, 1.54) is 11.1 Å². The highest BCUT2D eigenvalue weighted by Gasteiger charge is 2.17. The molecule has 4 nitrogen and oxygen atoms in total. The smallest absolute Gasteiger partial charge is 0.234 e. The lowest BCUT2D eigenvalue weighted by atomic mass is 10.1. The number of amides is 1. The summed E-state index contributed by atoms with van der Waals surface area (Å²) in [5, 5.41) is 5.98. The predicted octanol–water partition coefficient (Wildman–Crippen LogP) is 2.30. The Kier molecular flexibility index (Phi) is 4.31. The first kappa shape index (κ1) is 14.2. The standard InChI is InChI=1S/C16H19N3OS/c1-2-12-3-5-13(6-4-12)16-18-14(11-21-16)9-19-8-7-17-15(20)10-19/h3-6,11H,2,7-10H2,1H3,(H,17,20). The zero-order chi connectivity index (χ0) is 14.7. The van der Waals surface area contributed by atoms with Gasteiger partial charge in [0.2, 0.25) is 5.91 Å². The summed E-state index contributed by atoms with van der Waals surface area (Å²) < 4.78 is 0. The number of aromatic nitrogens is 1. The van der Waals surface area contributed by atoms with Crippen molar-refractivity contribution >= 4 is 17.2 Å². The molecule has 1 aliphatic rings. The maximum absolute atomic E-state index is 11.4. The molecule has 0 bridgehead atoms. The summed E-state index contributed by atoms with van der Waals surface area (Å²) in [4.78, 5) is 18.2. The van der Waals surface area contributed by atoms with Gasteiger partial charge in [-0.25, -0.2) is 4.98 Å². The van der Waals surface area contributed by atoms with Crippen molar-refractivity contribution in [1.82, 2.24) is 15.2 Å². The Morgan fingerprint density at radius 3 is 2.86 bits per heavy atom. The van der Waals surface area contributed by atoms with Gasteiger partial charge in [0.25, 0.3) is 0 Å². The monoisotopic (exact) mass is 301 g/mol. The number of carbonyl (C=O) groups excluding carboxylic acids is 1. The molecule has 1 saturated heterocycles. The Hall–Kier alpha value is -1.72. The third-order valence-corrected chi connectivity index (χ3v) is 4.60. The van der Waals surface area contributed by atoms with Crippen molar-refractivity contribution in [2.45, 2.75) is 19.9 Å². The van der Waals surface area contributed by atoms with E-state index in [0.29, 0.717) is 6.54 Å². The average molecular weight is 301 g/mol. The highest BCUT2D eigenvalue weighted by atomic mass is 32.1. The van der Waals surface area contributed by atoms with E-state index in [1.807, 2.05) is 0 Å². The Bertz CT molecular complexity index is 621. The topological polar surface area (TPSA) is 45.2 Å². The fourth-order valence-electron chi connectivity index (χ4n) is 2.45. The SMILES string of the molecule is CCc1ccc(-c2nc(CN3CCNC(=O)C3)cs2)cc1. The number of carbonyl (C=O) groups is 1. The second-order valence-electron chi connectivity index (χ2n) is 5.26. The number of nitrogens with zero attached hydrogens (tertiary/aromatic N) is 2. The van der Waals surface area contributed by atoms with Crippen molar-refractivity contribution in [3.8, 4) is 10.6 Å². The normalized spacial score (nSPS) is 16.0. The first-order valence-corrected chi connectivity index (χ1v) is 8.15. The second-order valence-corrected chi connectivity index (χ2v) is 6.11. The predicted molar refractivity (Wildman–Crippen MR) is 85.2 cm³/mol. The van der Waals surface area contributed by atoms with Crippen molar-refractivity contribution in [1.29, 1.82) is 0 Å². The molecule has 0 unspecified atom stereocenters. The molecular formula is C16H19N3OS. The van der Waals surface area contributed by atoms with Crippen LogP contribution in [0.15, 0.2) is 29.6 Å². The summed E-state index contributed by atoms with van der Waals surface area (Å²) in [6, 6.07) is 8.59. The van der Waals surface area contributed by atoms with Gasteiger partial charge in [-0.3, -0.25) is 9.69 Å². The van der Waals surface area contributed by atoms with Gasteiger partial charge in [-0.05, 0) is 12.0 Å². The number of aryl methyl sites for hydroxylation is 1. The molecule has 0 saturated carbocycles. The number of benzene rings is 1. The minimum atomic E-state index is 0.104. The second kappa shape index (κ2) is 6.37. The maximum atomic E-state index is 11.4. The molecule has 5 heteroatoms. The van der Waals surface area contributed by atoms with Crippen LogP contribution in [-0.2, 0) is 17.8 Å². The zero-order valence-corrected chi connectivity index (χ0v) is 12.9. The Labute approximate surface area is 128 Å². The van der Waals surface area contributed by atoms with Crippen molar-refractivity contribution in [2.75, 3.05) is 19.6 Å². The third kappa shape index (κ3) is 3.49.